The third kappa shape index (κ3) is 2.86. The summed E-state index contributed by atoms with van der Waals surface area (Å²) in [6.07, 6.45) is 8.54. The van der Waals surface area contributed by atoms with Gasteiger partial charge < -0.3 is 4.98 Å². The molecule has 0 radical (unpaired) electrons. The standard InChI is InChI=1S/C21H19N5/c1-2-18(11-22-7-1)21-24-12-17-6-9-26(14-20(17)25-21)13-15-3-4-16-5-8-23-19(16)10-15/h1-5,7-8,10-12,23H,6,9,13-14H2. The number of aromatic nitrogens is 4. The van der Waals surface area contributed by atoms with Crippen LogP contribution in [0, 0.1) is 0 Å². The minimum absolute atomic E-state index is 0.756. The highest BCUT2D eigenvalue weighted by molar-refractivity contribution is 5.79. The average molecular weight is 341 g/mol. The number of H-pyrrole nitrogens is 1. The van der Waals surface area contributed by atoms with Crippen LogP contribution < -0.4 is 0 Å². The lowest BCUT2D eigenvalue weighted by Gasteiger charge is -2.28. The maximum Gasteiger partial charge on any atom is 0.160 e. The number of aromatic amines is 1. The second-order valence-electron chi connectivity index (χ2n) is 6.77. The third-order valence-corrected chi connectivity index (χ3v) is 4.97. The highest BCUT2D eigenvalue weighted by atomic mass is 15.1. The number of nitrogens with one attached hydrogen (secondary N) is 1. The number of pyridine rings is 1. The maximum atomic E-state index is 4.82. The quantitative estimate of drug-likeness (QED) is 0.619. The average Bonchev–Trinajstić information content (AvgIpc) is 3.16. The van der Waals surface area contributed by atoms with Gasteiger partial charge in [-0.15, -0.1) is 0 Å². The van der Waals surface area contributed by atoms with Crippen molar-refractivity contribution in [2.75, 3.05) is 6.54 Å². The van der Waals surface area contributed by atoms with E-state index in [9.17, 15) is 0 Å². The van der Waals surface area contributed by atoms with E-state index in [0.29, 0.717) is 0 Å². The predicted octanol–water partition coefficient (Wildman–Crippen LogP) is 3.58. The molecule has 0 unspecified atom stereocenters. The van der Waals surface area contributed by atoms with Crippen LogP contribution in [-0.4, -0.2) is 31.4 Å². The van der Waals surface area contributed by atoms with Crippen molar-refractivity contribution in [1.29, 1.82) is 0 Å². The van der Waals surface area contributed by atoms with E-state index in [0.717, 1.165) is 43.1 Å². The van der Waals surface area contributed by atoms with Crippen molar-refractivity contribution in [3.05, 3.63) is 78.0 Å². The first kappa shape index (κ1) is 15.2. The van der Waals surface area contributed by atoms with Crippen LogP contribution in [0.4, 0.5) is 0 Å². The molecule has 0 fully saturated rings. The molecule has 5 heteroatoms. The summed E-state index contributed by atoms with van der Waals surface area (Å²) < 4.78 is 0. The van der Waals surface area contributed by atoms with E-state index < -0.39 is 0 Å². The molecule has 0 spiro atoms. The number of benzene rings is 1. The molecule has 0 saturated carbocycles. The van der Waals surface area contributed by atoms with Gasteiger partial charge in [0.25, 0.3) is 0 Å². The zero-order chi connectivity index (χ0) is 17.3. The van der Waals surface area contributed by atoms with Gasteiger partial charge in [-0.2, -0.15) is 0 Å². The zero-order valence-corrected chi connectivity index (χ0v) is 14.4. The van der Waals surface area contributed by atoms with E-state index in [1.807, 2.05) is 30.7 Å². The van der Waals surface area contributed by atoms with E-state index in [1.165, 1.54) is 22.0 Å². The first-order chi connectivity index (χ1) is 12.8. The maximum absolute atomic E-state index is 4.82. The number of hydrogen-bond acceptors (Lipinski definition) is 4. The Morgan fingerprint density at radius 2 is 2.12 bits per heavy atom. The fourth-order valence-electron chi connectivity index (χ4n) is 3.58. The predicted molar refractivity (Wildman–Crippen MR) is 101 cm³/mol. The van der Waals surface area contributed by atoms with Gasteiger partial charge in [-0.05, 0) is 47.2 Å². The Morgan fingerprint density at radius 1 is 1.12 bits per heavy atom. The fraction of sp³-hybridized carbons (Fsp3) is 0.190. The number of fused-ring (bicyclic) bond motifs is 2. The van der Waals surface area contributed by atoms with Gasteiger partial charge in [0.2, 0.25) is 0 Å². The largest absolute Gasteiger partial charge is 0.361 e. The van der Waals surface area contributed by atoms with E-state index in [2.05, 4.69) is 44.1 Å². The molecule has 4 aromatic rings. The second-order valence-corrected chi connectivity index (χ2v) is 6.77. The highest BCUT2D eigenvalue weighted by Gasteiger charge is 2.19. The molecule has 5 rings (SSSR count). The minimum Gasteiger partial charge on any atom is -0.361 e. The Morgan fingerprint density at radius 3 is 3.04 bits per heavy atom. The van der Waals surface area contributed by atoms with Gasteiger partial charge in [-0.25, -0.2) is 9.97 Å². The molecule has 1 aliphatic heterocycles. The summed E-state index contributed by atoms with van der Waals surface area (Å²) in [6, 6.07) is 12.7. The summed E-state index contributed by atoms with van der Waals surface area (Å²) in [5.41, 5.74) is 5.87. The van der Waals surface area contributed by atoms with Crippen molar-refractivity contribution in [3.8, 4) is 11.4 Å². The molecule has 1 aliphatic rings. The third-order valence-electron chi connectivity index (χ3n) is 4.97. The van der Waals surface area contributed by atoms with Crippen LogP contribution >= 0.6 is 0 Å². The van der Waals surface area contributed by atoms with Crippen molar-refractivity contribution < 1.29 is 0 Å². The van der Waals surface area contributed by atoms with Crippen LogP contribution in [0.1, 0.15) is 16.8 Å². The van der Waals surface area contributed by atoms with Crippen LogP contribution in [0.15, 0.2) is 61.2 Å². The molecule has 3 aromatic heterocycles. The van der Waals surface area contributed by atoms with Gasteiger partial charge >= 0.3 is 0 Å². The van der Waals surface area contributed by atoms with Crippen LogP contribution in [0.25, 0.3) is 22.3 Å². The van der Waals surface area contributed by atoms with Crippen molar-refractivity contribution in [2.24, 2.45) is 0 Å². The highest BCUT2D eigenvalue weighted by Crippen LogP contribution is 2.22. The first-order valence-corrected chi connectivity index (χ1v) is 8.89. The molecule has 128 valence electrons. The molecule has 0 bridgehead atoms. The molecule has 0 aliphatic carbocycles. The Balaban J connectivity index is 1.38. The molecule has 1 N–H and O–H groups in total. The summed E-state index contributed by atoms with van der Waals surface area (Å²) in [7, 11) is 0. The molecule has 4 heterocycles. The number of nitrogens with zero attached hydrogens (tertiary/aromatic N) is 4. The SMILES string of the molecule is c1cncc(-c2ncc3c(n2)CN(Cc2ccc4cc[nH]c4c2)CC3)c1. The lowest BCUT2D eigenvalue weighted by atomic mass is 10.1. The molecule has 26 heavy (non-hydrogen) atoms. The van der Waals surface area contributed by atoms with Gasteiger partial charge in [-0.1, -0.05) is 12.1 Å². The lowest BCUT2D eigenvalue weighted by Crippen LogP contribution is -2.31. The lowest BCUT2D eigenvalue weighted by molar-refractivity contribution is 0.241. The minimum atomic E-state index is 0.756. The van der Waals surface area contributed by atoms with Gasteiger partial charge in [0, 0.05) is 55.5 Å². The van der Waals surface area contributed by atoms with Gasteiger partial charge in [0.1, 0.15) is 0 Å². The molecule has 0 saturated heterocycles. The zero-order valence-electron chi connectivity index (χ0n) is 14.4. The summed E-state index contributed by atoms with van der Waals surface area (Å²) in [6.45, 7) is 2.82. The smallest absolute Gasteiger partial charge is 0.160 e. The van der Waals surface area contributed by atoms with Crippen molar-refractivity contribution in [2.45, 2.75) is 19.5 Å². The van der Waals surface area contributed by atoms with Crippen LogP contribution in [0.3, 0.4) is 0 Å². The van der Waals surface area contributed by atoms with Crippen LogP contribution in [0.2, 0.25) is 0 Å². The van der Waals surface area contributed by atoms with Gasteiger partial charge in [0.15, 0.2) is 5.82 Å². The topological polar surface area (TPSA) is 57.7 Å². The monoisotopic (exact) mass is 341 g/mol. The van der Waals surface area contributed by atoms with E-state index in [-0.39, 0.29) is 0 Å². The normalized spacial score (nSPS) is 14.5. The Kier molecular flexibility index (Phi) is 3.72. The summed E-state index contributed by atoms with van der Waals surface area (Å²) in [5, 5.41) is 1.26. The Hall–Kier alpha value is -3.05. The van der Waals surface area contributed by atoms with Crippen LogP contribution in [0.5, 0.6) is 0 Å². The van der Waals surface area contributed by atoms with E-state index in [4.69, 9.17) is 4.98 Å². The number of hydrogen-bond donors (Lipinski definition) is 1. The summed E-state index contributed by atoms with van der Waals surface area (Å²) in [4.78, 5) is 19.3. The Bertz CT molecular complexity index is 1050. The summed E-state index contributed by atoms with van der Waals surface area (Å²) >= 11 is 0. The second kappa shape index (κ2) is 6.35. The van der Waals surface area contributed by atoms with Crippen molar-refractivity contribution >= 4 is 10.9 Å². The summed E-state index contributed by atoms with van der Waals surface area (Å²) in [5.74, 6) is 0.756. The molecule has 1 aromatic carbocycles. The number of rotatable bonds is 3. The van der Waals surface area contributed by atoms with E-state index in [1.54, 1.807) is 6.20 Å². The van der Waals surface area contributed by atoms with Crippen LogP contribution in [-0.2, 0) is 19.5 Å². The van der Waals surface area contributed by atoms with Crippen molar-refractivity contribution in [3.63, 3.8) is 0 Å². The molecule has 0 atom stereocenters. The Labute approximate surface area is 151 Å². The molecule has 5 nitrogen and oxygen atoms in total. The van der Waals surface area contributed by atoms with Gasteiger partial charge in [0.05, 0.1) is 5.69 Å². The first-order valence-electron chi connectivity index (χ1n) is 8.89. The fourth-order valence-corrected chi connectivity index (χ4v) is 3.58. The molecule has 0 amide bonds. The van der Waals surface area contributed by atoms with Crippen molar-refractivity contribution in [1.82, 2.24) is 24.8 Å². The van der Waals surface area contributed by atoms with E-state index >= 15 is 0 Å². The molecular weight excluding hydrogens is 322 g/mol. The molecular formula is C21H19N5. The van der Waals surface area contributed by atoms with Gasteiger partial charge in [-0.3, -0.25) is 9.88 Å².